The van der Waals surface area contributed by atoms with Crippen LogP contribution in [0.25, 0.3) is 0 Å². The predicted octanol–water partition coefficient (Wildman–Crippen LogP) is 1.97. The van der Waals surface area contributed by atoms with Gasteiger partial charge in [-0.05, 0) is 18.8 Å². The lowest BCUT2D eigenvalue weighted by molar-refractivity contribution is -0.137. The lowest BCUT2D eigenvalue weighted by Gasteiger charge is -2.26. The first kappa shape index (κ1) is 15.3. The van der Waals surface area contributed by atoms with Crippen molar-refractivity contribution in [2.75, 3.05) is 26.2 Å². The lowest BCUT2D eigenvalue weighted by Crippen LogP contribution is -2.42. The predicted molar refractivity (Wildman–Crippen MR) is 73.9 cm³/mol. The number of rotatable bonds is 7. The summed E-state index contributed by atoms with van der Waals surface area (Å²) in [5.41, 5.74) is 0. The van der Waals surface area contributed by atoms with Gasteiger partial charge in [0.25, 0.3) is 0 Å². The Morgan fingerprint density at radius 3 is 2.47 bits per heavy atom. The summed E-state index contributed by atoms with van der Waals surface area (Å²) in [6.07, 6.45) is 5.09. The van der Waals surface area contributed by atoms with Crippen molar-refractivity contribution in [2.45, 2.75) is 19.3 Å². The van der Waals surface area contributed by atoms with Crippen LogP contribution in [0.2, 0.25) is 0 Å². The zero-order valence-electron chi connectivity index (χ0n) is 11.3. The van der Waals surface area contributed by atoms with E-state index in [4.69, 9.17) is 5.11 Å². The van der Waals surface area contributed by atoms with Gasteiger partial charge in [0.2, 0.25) is 0 Å². The molecule has 1 heterocycles. The standard InChI is InChI=1S/C14H22N2O3/c1-3-8-15(9-4-2)14(19)16-10-7-12(11-16)5-6-13(17)18/h3-4,12H,1-2,5-11H2,(H,17,18). The molecule has 1 atom stereocenters. The molecular weight excluding hydrogens is 244 g/mol. The minimum Gasteiger partial charge on any atom is -0.481 e. The highest BCUT2D eigenvalue weighted by Gasteiger charge is 2.28. The summed E-state index contributed by atoms with van der Waals surface area (Å²) < 4.78 is 0. The molecule has 19 heavy (non-hydrogen) atoms. The fourth-order valence-electron chi connectivity index (χ4n) is 2.31. The number of hydrogen-bond acceptors (Lipinski definition) is 2. The van der Waals surface area contributed by atoms with Crippen molar-refractivity contribution < 1.29 is 14.7 Å². The van der Waals surface area contributed by atoms with Gasteiger partial charge in [-0.2, -0.15) is 0 Å². The van der Waals surface area contributed by atoms with Crippen LogP contribution in [0.15, 0.2) is 25.3 Å². The second-order valence-electron chi connectivity index (χ2n) is 4.80. The van der Waals surface area contributed by atoms with E-state index in [1.807, 2.05) is 0 Å². The topological polar surface area (TPSA) is 60.9 Å². The van der Waals surface area contributed by atoms with Crippen LogP contribution in [0.1, 0.15) is 19.3 Å². The number of carboxylic acid groups (broad SMARTS) is 1. The Morgan fingerprint density at radius 1 is 1.32 bits per heavy atom. The first-order valence-electron chi connectivity index (χ1n) is 6.56. The molecule has 1 aliphatic heterocycles. The summed E-state index contributed by atoms with van der Waals surface area (Å²) in [6.45, 7) is 9.64. The van der Waals surface area contributed by atoms with Crippen molar-refractivity contribution in [3.63, 3.8) is 0 Å². The van der Waals surface area contributed by atoms with E-state index >= 15 is 0 Å². The van der Waals surface area contributed by atoms with Gasteiger partial charge in [0, 0.05) is 32.6 Å². The number of aliphatic carboxylic acids is 1. The number of likely N-dealkylation sites (tertiary alicyclic amines) is 1. The van der Waals surface area contributed by atoms with Crippen LogP contribution in [0, 0.1) is 5.92 Å². The number of carbonyl (C=O) groups is 2. The fraction of sp³-hybridized carbons (Fsp3) is 0.571. The number of urea groups is 1. The number of hydrogen-bond donors (Lipinski definition) is 1. The molecule has 1 rings (SSSR count). The highest BCUT2D eigenvalue weighted by molar-refractivity contribution is 5.75. The SMILES string of the molecule is C=CCN(CC=C)C(=O)N1CCC(CCC(=O)O)C1. The van der Waals surface area contributed by atoms with Gasteiger partial charge < -0.3 is 14.9 Å². The molecule has 1 fully saturated rings. The molecule has 1 saturated heterocycles. The van der Waals surface area contributed by atoms with Crippen LogP contribution in [0.5, 0.6) is 0 Å². The van der Waals surface area contributed by atoms with Gasteiger partial charge in [-0.25, -0.2) is 4.79 Å². The Hall–Kier alpha value is -1.78. The van der Waals surface area contributed by atoms with E-state index in [-0.39, 0.29) is 12.5 Å². The molecule has 0 radical (unpaired) electrons. The summed E-state index contributed by atoms with van der Waals surface area (Å²) >= 11 is 0. The third-order valence-electron chi connectivity index (χ3n) is 3.29. The molecule has 2 amide bonds. The first-order valence-corrected chi connectivity index (χ1v) is 6.56. The minimum atomic E-state index is -0.773. The van der Waals surface area contributed by atoms with Crippen LogP contribution in [-0.4, -0.2) is 53.1 Å². The largest absolute Gasteiger partial charge is 0.481 e. The van der Waals surface area contributed by atoms with Gasteiger partial charge in [0.15, 0.2) is 0 Å². The molecule has 5 heteroatoms. The summed E-state index contributed by atoms with van der Waals surface area (Å²) in [6, 6.07) is -0.0161. The molecule has 0 bridgehead atoms. The molecule has 0 aliphatic carbocycles. The van der Waals surface area contributed by atoms with Gasteiger partial charge in [-0.3, -0.25) is 4.79 Å². The highest BCUT2D eigenvalue weighted by atomic mass is 16.4. The monoisotopic (exact) mass is 266 g/mol. The van der Waals surface area contributed by atoms with E-state index in [2.05, 4.69) is 13.2 Å². The van der Waals surface area contributed by atoms with E-state index in [0.717, 1.165) is 6.42 Å². The van der Waals surface area contributed by atoms with Crippen molar-refractivity contribution in [1.82, 2.24) is 9.80 Å². The maximum absolute atomic E-state index is 12.2. The molecule has 0 saturated carbocycles. The number of carbonyl (C=O) groups excluding carboxylic acids is 1. The number of amides is 2. The van der Waals surface area contributed by atoms with Gasteiger partial charge in [0.05, 0.1) is 0 Å². The van der Waals surface area contributed by atoms with Gasteiger partial charge in [-0.15, -0.1) is 13.2 Å². The average Bonchev–Trinajstić information content (AvgIpc) is 2.84. The first-order chi connectivity index (χ1) is 9.08. The van der Waals surface area contributed by atoms with Gasteiger partial charge in [0.1, 0.15) is 0 Å². The Bertz CT molecular complexity index is 345. The maximum atomic E-state index is 12.2. The van der Waals surface area contributed by atoms with E-state index in [0.29, 0.717) is 38.5 Å². The Kier molecular flexibility index (Phi) is 6.12. The lowest BCUT2D eigenvalue weighted by atomic mass is 10.0. The van der Waals surface area contributed by atoms with Crippen LogP contribution < -0.4 is 0 Å². The van der Waals surface area contributed by atoms with E-state index in [1.165, 1.54) is 0 Å². The molecule has 0 aromatic carbocycles. The molecule has 1 unspecified atom stereocenters. The van der Waals surface area contributed by atoms with Crippen LogP contribution >= 0.6 is 0 Å². The summed E-state index contributed by atoms with van der Waals surface area (Å²) in [5.74, 6) is -0.473. The molecule has 1 aliphatic rings. The quantitative estimate of drug-likeness (QED) is 0.717. The third-order valence-corrected chi connectivity index (χ3v) is 3.29. The molecule has 1 N–H and O–H groups in total. The van der Waals surface area contributed by atoms with Crippen molar-refractivity contribution in [1.29, 1.82) is 0 Å². The summed E-state index contributed by atoms with van der Waals surface area (Å²) in [5, 5.41) is 8.67. The Labute approximate surface area is 114 Å². The van der Waals surface area contributed by atoms with Gasteiger partial charge in [-0.1, -0.05) is 12.2 Å². The summed E-state index contributed by atoms with van der Waals surface area (Å²) in [4.78, 5) is 26.3. The zero-order valence-corrected chi connectivity index (χ0v) is 11.3. The van der Waals surface area contributed by atoms with Crippen molar-refractivity contribution in [2.24, 2.45) is 5.92 Å². The van der Waals surface area contributed by atoms with Crippen molar-refractivity contribution >= 4 is 12.0 Å². The maximum Gasteiger partial charge on any atom is 0.320 e. The smallest absolute Gasteiger partial charge is 0.320 e. The normalized spacial score (nSPS) is 18.1. The zero-order chi connectivity index (χ0) is 14.3. The molecule has 0 aromatic heterocycles. The fourth-order valence-corrected chi connectivity index (χ4v) is 2.31. The van der Waals surface area contributed by atoms with Crippen molar-refractivity contribution in [3.8, 4) is 0 Å². The molecule has 0 aromatic rings. The third kappa shape index (κ3) is 4.77. The molecular formula is C14H22N2O3. The Balaban J connectivity index is 2.47. The van der Waals surface area contributed by atoms with Crippen LogP contribution in [0.3, 0.4) is 0 Å². The molecule has 106 valence electrons. The molecule has 0 spiro atoms. The Morgan fingerprint density at radius 2 is 1.95 bits per heavy atom. The highest BCUT2D eigenvalue weighted by Crippen LogP contribution is 2.22. The van der Waals surface area contributed by atoms with E-state index in [9.17, 15) is 9.59 Å². The average molecular weight is 266 g/mol. The second kappa shape index (κ2) is 7.61. The van der Waals surface area contributed by atoms with E-state index < -0.39 is 5.97 Å². The van der Waals surface area contributed by atoms with Gasteiger partial charge >= 0.3 is 12.0 Å². The molecule has 5 nitrogen and oxygen atoms in total. The minimum absolute atomic E-state index is 0.0161. The second-order valence-corrected chi connectivity index (χ2v) is 4.80. The van der Waals surface area contributed by atoms with Crippen LogP contribution in [0.4, 0.5) is 4.79 Å². The number of carboxylic acids is 1. The van der Waals surface area contributed by atoms with Crippen molar-refractivity contribution in [3.05, 3.63) is 25.3 Å². The van der Waals surface area contributed by atoms with Crippen LogP contribution in [-0.2, 0) is 4.79 Å². The number of nitrogens with zero attached hydrogens (tertiary/aromatic N) is 2. The summed E-state index contributed by atoms with van der Waals surface area (Å²) in [7, 11) is 0. The van der Waals surface area contributed by atoms with E-state index in [1.54, 1.807) is 22.0 Å².